The molecule has 0 unspecified atom stereocenters. The van der Waals surface area contributed by atoms with Gasteiger partial charge in [0.25, 0.3) is 0 Å². The highest BCUT2D eigenvalue weighted by Crippen LogP contribution is 2.33. The number of hydrogen-bond donors (Lipinski definition) is 0. The Hall–Kier alpha value is -2.17. The Bertz CT molecular complexity index is 659. The second kappa shape index (κ2) is 5.07. The van der Waals surface area contributed by atoms with Gasteiger partial charge in [-0.05, 0) is 36.2 Å². The molecule has 2 aromatic carbocycles. The molecule has 0 N–H and O–H groups in total. The van der Waals surface area contributed by atoms with Gasteiger partial charge < -0.3 is 0 Å². The summed E-state index contributed by atoms with van der Waals surface area (Å²) in [6.07, 6.45) is -4.72. The largest absolute Gasteiger partial charge is 0.419 e. The van der Waals surface area contributed by atoms with E-state index in [9.17, 15) is 22.4 Å². The lowest BCUT2D eigenvalue weighted by Gasteiger charge is -2.10. The molecule has 0 spiro atoms. The lowest BCUT2D eigenvalue weighted by molar-refractivity contribution is -0.139. The Morgan fingerprint density at radius 1 is 1.00 bits per heavy atom. The molecule has 0 atom stereocenters. The smallest absolute Gasteiger partial charge is 0.295 e. The maximum absolute atomic E-state index is 13.5. The van der Waals surface area contributed by atoms with Gasteiger partial charge in [0, 0.05) is 5.56 Å². The summed E-state index contributed by atoms with van der Waals surface area (Å²) in [4.78, 5) is 11.3. The molecule has 1 nitrogen and oxygen atoms in total. The van der Waals surface area contributed by atoms with Crippen LogP contribution in [0.15, 0.2) is 42.5 Å². The molecular weight excluding hydrogens is 272 g/mol. The van der Waals surface area contributed by atoms with E-state index < -0.39 is 17.6 Å². The number of Topliss-reactive ketones (excluding diaryl/α,β-unsaturated/α-hetero) is 1. The molecule has 0 aliphatic heterocycles. The quantitative estimate of drug-likeness (QED) is 0.575. The van der Waals surface area contributed by atoms with Crippen molar-refractivity contribution in [2.75, 3.05) is 0 Å². The van der Waals surface area contributed by atoms with Gasteiger partial charge in [-0.3, -0.25) is 4.79 Å². The molecule has 20 heavy (non-hydrogen) atoms. The first-order valence-corrected chi connectivity index (χ1v) is 5.77. The number of carbonyl (C=O) groups is 1. The number of hydrogen-bond acceptors (Lipinski definition) is 1. The molecule has 0 aliphatic carbocycles. The highest BCUT2D eigenvalue weighted by atomic mass is 19.4. The van der Waals surface area contributed by atoms with Crippen molar-refractivity contribution in [3.8, 4) is 11.1 Å². The fraction of sp³-hybridized carbons (Fsp3) is 0.133. The topological polar surface area (TPSA) is 17.1 Å². The maximum Gasteiger partial charge on any atom is 0.419 e. The first kappa shape index (κ1) is 14.2. The molecule has 0 radical (unpaired) electrons. The van der Waals surface area contributed by atoms with Gasteiger partial charge in [0.15, 0.2) is 5.78 Å². The Kier molecular flexibility index (Phi) is 3.61. The summed E-state index contributed by atoms with van der Waals surface area (Å²) in [7, 11) is 0. The van der Waals surface area contributed by atoms with E-state index in [1.54, 1.807) is 18.2 Å². The van der Waals surface area contributed by atoms with Crippen molar-refractivity contribution in [2.45, 2.75) is 13.1 Å². The molecule has 0 heterocycles. The average molecular weight is 282 g/mol. The summed E-state index contributed by atoms with van der Waals surface area (Å²) in [5.74, 6) is -1.50. The van der Waals surface area contributed by atoms with Crippen molar-refractivity contribution in [1.82, 2.24) is 0 Å². The minimum Gasteiger partial charge on any atom is -0.295 e. The number of benzene rings is 2. The van der Waals surface area contributed by atoms with Gasteiger partial charge in [0.05, 0.1) is 5.56 Å². The van der Waals surface area contributed by atoms with Crippen LogP contribution in [0, 0.1) is 5.82 Å². The Morgan fingerprint density at radius 3 is 2.20 bits per heavy atom. The fourth-order valence-corrected chi connectivity index (χ4v) is 1.84. The van der Waals surface area contributed by atoms with Crippen LogP contribution in [0.25, 0.3) is 11.1 Å². The third-order valence-electron chi connectivity index (χ3n) is 2.88. The third kappa shape index (κ3) is 2.87. The van der Waals surface area contributed by atoms with Crippen LogP contribution < -0.4 is 0 Å². The van der Waals surface area contributed by atoms with E-state index in [0.717, 1.165) is 6.07 Å². The Morgan fingerprint density at radius 2 is 1.65 bits per heavy atom. The monoisotopic (exact) mass is 282 g/mol. The number of ketones is 1. The lowest BCUT2D eigenvalue weighted by atomic mass is 10.00. The molecular formula is C15H10F4O. The molecule has 0 saturated heterocycles. The number of rotatable bonds is 2. The Labute approximate surface area is 112 Å². The highest BCUT2D eigenvalue weighted by Gasteiger charge is 2.33. The van der Waals surface area contributed by atoms with Crippen LogP contribution in [-0.4, -0.2) is 5.78 Å². The van der Waals surface area contributed by atoms with Crippen LogP contribution in [-0.2, 0) is 6.18 Å². The SMILES string of the molecule is CC(=O)c1cccc(-c2ccc(C(F)(F)F)c(F)c2)c1. The zero-order chi connectivity index (χ0) is 14.9. The predicted octanol–water partition coefficient (Wildman–Crippen LogP) is 4.71. The molecule has 0 amide bonds. The van der Waals surface area contributed by atoms with Crippen molar-refractivity contribution in [2.24, 2.45) is 0 Å². The summed E-state index contributed by atoms with van der Waals surface area (Å²) >= 11 is 0. The minimum atomic E-state index is -4.72. The van der Waals surface area contributed by atoms with Gasteiger partial charge in [0.1, 0.15) is 5.82 Å². The Balaban J connectivity index is 2.47. The number of carbonyl (C=O) groups excluding carboxylic acids is 1. The molecule has 0 saturated carbocycles. The van der Waals surface area contributed by atoms with Crippen LogP contribution >= 0.6 is 0 Å². The summed E-state index contributed by atoms with van der Waals surface area (Å²) < 4.78 is 50.9. The van der Waals surface area contributed by atoms with E-state index in [2.05, 4.69) is 0 Å². The van der Waals surface area contributed by atoms with E-state index in [0.29, 0.717) is 22.8 Å². The molecule has 0 aliphatic rings. The van der Waals surface area contributed by atoms with Crippen molar-refractivity contribution in [1.29, 1.82) is 0 Å². The average Bonchev–Trinajstić information content (AvgIpc) is 2.37. The number of halogens is 4. The zero-order valence-corrected chi connectivity index (χ0v) is 10.5. The van der Waals surface area contributed by atoms with Crippen LogP contribution in [0.3, 0.4) is 0 Å². The van der Waals surface area contributed by atoms with E-state index in [1.807, 2.05) is 0 Å². The van der Waals surface area contributed by atoms with Gasteiger partial charge >= 0.3 is 6.18 Å². The fourth-order valence-electron chi connectivity index (χ4n) is 1.84. The van der Waals surface area contributed by atoms with E-state index in [4.69, 9.17) is 0 Å². The van der Waals surface area contributed by atoms with Crippen molar-refractivity contribution in [3.63, 3.8) is 0 Å². The van der Waals surface area contributed by atoms with Gasteiger partial charge in [0.2, 0.25) is 0 Å². The normalized spacial score (nSPS) is 11.4. The summed E-state index contributed by atoms with van der Waals surface area (Å²) in [6, 6.07) is 9.02. The summed E-state index contributed by atoms with van der Waals surface area (Å²) in [6.45, 7) is 1.38. The third-order valence-corrected chi connectivity index (χ3v) is 2.88. The van der Waals surface area contributed by atoms with E-state index >= 15 is 0 Å². The van der Waals surface area contributed by atoms with Gasteiger partial charge in [-0.25, -0.2) is 4.39 Å². The van der Waals surface area contributed by atoms with Crippen LogP contribution in [0.5, 0.6) is 0 Å². The van der Waals surface area contributed by atoms with E-state index in [1.165, 1.54) is 19.1 Å². The maximum atomic E-state index is 13.5. The van der Waals surface area contributed by atoms with Crippen molar-refractivity contribution in [3.05, 3.63) is 59.4 Å². The van der Waals surface area contributed by atoms with Crippen LogP contribution in [0.2, 0.25) is 0 Å². The highest BCUT2D eigenvalue weighted by molar-refractivity contribution is 5.95. The van der Waals surface area contributed by atoms with E-state index in [-0.39, 0.29) is 5.78 Å². The second-order valence-electron chi connectivity index (χ2n) is 4.33. The summed E-state index contributed by atoms with van der Waals surface area (Å²) in [5, 5.41) is 0. The van der Waals surface area contributed by atoms with Crippen molar-refractivity contribution < 1.29 is 22.4 Å². The predicted molar refractivity (Wildman–Crippen MR) is 66.8 cm³/mol. The molecule has 2 rings (SSSR count). The van der Waals surface area contributed by atoms with Crippen LogP contribution in [0.4, 0.5) is 17.6 Å². The number of alkyl halides is 3. The molecule has 0 fully saturated rings. The molecule has 0 aromatic heterocycles. The first-order chi connectivity index (χ1) is 9.29. The van der Waals surface area contributed by atoms with Crippen molar-refractivity contribution >= 4 is 5.78 Å². The summed E-state index contributed by atoms with van der Waals surface area (Å²) in [5.41, 5.74) is -0.101. The minimum absolute atomic E-state index is 0.167. The van der Waals surface area contributed by atoms with Gasteiger partial charge in [-0.1, -0.05) is 24.3 Å². The second-order valence-corrected chi connectivity index (χ2v) is 4.33. The first-order valence-electron chi connectivity index (χ1n) is 5.77. The standard InChI is InChI=1S/C15H10F4O/c1-9(20)10-3-2-4-11(7-10)12-5-6-13(14(16)8-12)15(17,18)19/h2-8H,1H3. The lowest BCUT2D eigenvalue weighted by Crippen LogP contribution is -2.07. The molecule has 0 bridgehead atoms. The van der Waals surface area contributed by atoms with Gasteiger partial charge in [-0.2, -0.15) is 13.2 Å². The molecule has 5 heteroatoms. The molecule has 104 valence electrons. The molecule has 2 aromatic rings. The van der Waals surface area contributed by atoms with Crippen LogP contribution in [0.1, 0.15) is 22.8 Å². The van der Waals surface area contributed by atoms with Gasteiger partial charge in [-0.15, -0.1) is 0 Å². The zero-order valence-electron chi connectivity index (χ0n) is 10.5.